The summed E-state index contributed by atoms with van der Waals surface area (Å²) in [5, 5.41) is 0. The van der Waals surface area contributed by atoms with Crippen LogP contribution in [0.4, 0.5) is 23.7 Å². The predicted octanol–water partition coefficient (Wildman–Crippen LogP) is 2.68. The standard InChI is InChI=1S/C14H12F3NO3/c1-2-7-20-9-12-8-18(13(19)21-12)11-5-3-10(4-6-11)14(15,16)17/h1,3-6,12H,7-9H2. The van der Waals surface area contributed by atoms with Crippen LogP contribution < -0.4 is 4.90 Å². The second kappa shape index (κ2) is 6.06. The highest BCUT2D eigenvalue weighted by Gasteiger charge is 2.34. The maximum Gasteiger partial charge on any atom is 0.416 e. The number of carbonyl (C=O) groups is 1. The molecule has 0 saturated carbocycles. The zero-order chi connectivity index (χ0) is 15.5. The highest BCUT2D eigenvalue weighted by Crippen LogP contribution is 2.31. The number of hydrogen-bond donors (Lipinski definition) is 0. The zero-order valence-electron chi connectivity index (χ0n) is 10.9. The van der Waals surface area contributed by atoms with Crippen LogP contribution in [0.25, 0.3) is 0 Å². The molecule has 1 amide bonds. The predicted molar refractivity (Wildman–Crippen MR) is 68.7 cm³/mol. The lowest BCUT2D eigenvalue weighted by Gasteiger charge is -2.14. The summed E-state index contributed by atoms with van der Waals surface area (Å²) >= 11 is 0. The van der Waals surface area contributed by atoms with Crippen molar-refractivity contribution in [3.8, 4) is 12.3 Å². The topological polar surface area (TPSA) is 38.8 Å². The first-order chi connectivity index (χ1) is 9.91. The third kappa shape index (κ3) is 3.67. The zero-order valence-corrected chi connectivity index (χ0v) is 10.9. The first kappa shape index (κ1) is 15.2. The van der Waals surface area contributed by atoms with E-state index in [9.17, 15) is 18.0 Å². The highest BCUT2D eigenvalue weighted by atomic mass is 19.4. The van der Waals surface area contributed by atoms with Gasteiger partial charge < -0.3 is 9.47 Å². The van der Waals surface area contributed by atoms with Crippen LogP contribution in [0.3, 0.4) is 0 Å². The maximum absolute atomic E-state index is 12.5. The number of rotatable bonds is 4. The van der Waals surface area contributed by atoms with Gasteiger partial charge in [-0.2, -0.15) is 13.2 Å². The lowest BCUT2D eigenvalue weighted by atomic mass is 10.2. The third-order valence-electron chi connectivity index (χ3n) is 2.87. The van der Waals surface area contributed by atoms with Crippen molar-refractivity contribution in [3.63, 3.8) is 0 Å². The lowest BCUT2D eigenvalue weighted by Crippen LogP contribution is -2.26. The van der Waals surface area contributed by atoms with Gasteiger partial charge in [-0.15, -0.1) is 6.42 Å². The summed E-state index contributed by atoms with van der Waals surface area (Å²) in [4.78, 5) is 12.9. The number of alkyl halides is 3. The average Bonchev–Trinajstić information content (AvgIpc) is 2.79. The van der Waals surface area contributed by atoms with Crippen LogP contribution in [0.5, 0.6) is 0 Å². The molecule has 1 aliphatic rings. The molecule has 1 aromatic carbocycles. The molecule has 7 heteroatoms. The number of nitrogens with zero attached hydrogens (tertiary/aromatic N) is 1. The summed E-state index contributed by atoms with van der Waals surface area (Å²) in [6, 6.07) is 4.30. The number of amides is 1. The van der Waals surface area contributed by atoms with Gasteiger partial charge in [0, 0.05) is 5.69 Å². The summed E-state index contributed by atoms with van der Waals surface area (Å²) in [6.07, 6.45) is -0.498. The van der Waals surface area contributed by atoms with E-state index in [1.807, 2.05) is 0 Å². The van der Waals surface area contributed by atoms with Gasteiger partial charge in [-0.25, -0.2) is 4.79 Å². The number of benzene rings is 1. The fraction of sp³-hybridized carbons (Fsp3) is 0.357. The van der Waals surface area contributed by atoms with Gasteiger partial charge in [0.15, 0.2) is 0 Å². The molecule has 21 heavy (non-hydrogen) atoms. The van der Waals surface area contributed by atoms with Gasteiger partial charge in [0.25, 0.3) is 0 Å². The Labute approximate surface area is 119 Å². The van der Waals surface area contributed by atoms with E-state index in [2.05, 4.69) is 5.92 Å². The average molecular weight is 299 g/mol. The molecule has 1 heterocycles. The number of halogens is 3. The number of ether oxygens (including phenoxy) is 2. The van der Waals surface area contributed by atoms with Gasteiger partial charge in [-0.3, -0.25) is 4.90 Å². The molecule has 0 aliphatic carbocycles. The van der Waals surface area contributed by atoms with Crippen LogP contribution >= 0.6 is 0 Å². The highest BCUT2D eigenvalue weighted by molar-refractivity contribution is 5.89. The molecule has 0 spiro atoms. The fourth-order valence-corrected chi connectivity index (χ4v) is 1.90. The van der Waals surface area contributed by atoms with Crippen molar-refractivity contribution in [3.05, 3.63) is 29.8 Å². The number of cyclic esters (lactones) is 1. The summed E-state index contributed by atoms with van der Waals surface area (Å²) in [5.41, 5.74) is -0.430. The van der Waals surface area contributed by atoms with Crippen LogP contribution in [-0.2, 0) is 15.7 Å². The van der Waals surface area contributed by atoms with Gasteiger partial charge in [0.05, 0.1) is 18.7 Å². The van der Waals surface area contributed by atoms with Crippen molar-refractivity contribution in [2.24, 2.45) is 0 Å². The van der Waals surface area contributed by atoms with Gasteiger partial charge in [-0.05, 0) is 24.3 Å². The Hall–Kier alpha value is -2.20. The van der Waals surface area contributed by atoms with Gasteiger partial charge >= 0.3 is 12.3 Å². The van der Waals surface area contributed by atoms with Crippen molar-refractivity contribution in [1.82, 2.24) is 0 Å². The Morgan fingerprint density at radius 3 is 2.62 bits per heavy atom. The quantitative estimate of drug-likeness (QED) is 0.634. The van der Waals surface area contributed by atoms with Crippen LogP contribution in [0, 0.1) is 12.3 Å². The molecule has 0 bridgehead atoms. The van der Waals surface area contributed by atoms with E-state index in [0.29, 0.717) is 5.69 Å². The van der Waals surface area contributed by atoms with E-state index in [0.717, 1.165) is 12.1 Å². The van der Waals surface area contributed by atoms with Gasteiger partial charge in [-0.1, -0.05) is 5.92 Å². The fourth-order valence-electron chi connectivity index (χ4n) is 1.90. The Balaban J connectivity index is 2.02. The molecule has 1 saturated heterocycles. The molecule has 1 fully saturated rings. The van der Waals surface area contributed by atoms with Crippen LogP contribution in [-0.4, -0.2) is 32.0 Å². The van der Waals surface area contributed by atoms with Crippen molar-refractivity contribution in [1.29, 1.82) is 0 Å². The van der Waals surface area contributed by atoms with Crippen molar-refractivity contribution in [2.75, 3.05) is 24.7 Å². The van der Waals surface area contributed by atoms with Crippen molar-refractivity contribution >= 4 is 11.8 Å². The number of anilines is 1. The molecule has 1 atom stereocenters. The molecule has 0 N–H and O–H groups in total. The molecule has 0 aromatic heterocycles. The lowest BCUT2D eigenvalue weighted by molar-refractivity contribution is -0.137. The summed E-state index contributed by atoms with van der Waals surface area (Å²) in [6.45, 7) is 0.455. The SMILES string of the molecule is C#CCOCC1CN(c2ccc(C(F)(F)F)cc2)C(=O)O1. The molecule has 0 radical (unpaired) electrons. The normalized spacial score (nSPS) is 18.5. The molecular formula is C14H12F3NO3. The molecule has 1 unspecified atom stereocenters. The smallest absolute Gasteiger partial charge is 0.416 e. The van der Waals surface area contributed by atoms with Gasteiger partial charge in [0.2, 0.25) is 0 Å². The van der Waals surface area contributed by atoms with E-state index in [1.54, 1.807) is 0 Å². The van der Waals surface area contributed by atoms with Crippen LogP contribution in [0.2, 0.25) is 0 Å². The van der Waals surface area contributed by atoms with E-state index in [1.165, 1.54) is 17.0 Å². The van der Waals surface area contributed by atoms with Crippen molar-refractivity contribution < 1.29 is 27.4 Å². The largest absolute Gasteiger partial charge is 0.441 e. The van der Waals surface area contributed by atoms with Crippen LogP contribution in [0.1, 0.15) is 5.56 Å². The van der Waals surface area contributed by atoms with Gasteiger partial charge in [0.1, 0.15) is 12.7 Å². The second-order valence-electron chi connectivity index (χ2n) is 4.38. The minimum absolute atomic E-state index is 0.105. The van der Waals surface area contributed by atoms with Crippen molar-refractivity contribution in [2.45, 2.75) is 12.3 Å². The van der Waals surface area contributed by atoms with E-state index >= 15 is 0 Å². The third-order valence-corrected chi connectivity index (χ3v) is 2.87. The minimum Gasteiger partial charge on any atom is -0.441 e. The molecule has 1 aliphatic heterocycles. The number of hydrogen-bond acceptors (Lipinski definition) is 3. The molecule has 1 aromatic rings. The molecule has 2 rings (SSSR count). The summed E-state index contributed by atoms with van der Waals surface area (Å²) in [5.74, 6) is 2.28. The molecule has 112 valence electrons. The molecule has 4 nitrogen and oxygen atoms in total. The van der Waals surface area contributed by atoms with E-state index in [4.69, 9.17) is 15.9 Å². The van der Waals surface area contributed by atoms with Crippen LogP contribution in [0.15, 0.2) is 24.3 Å². The Kier molecular flexibility index (Phi) is 4.38. The summed E-state index contributed by atoms with van der Waals surface area (Å²) < 4.78 is 47.5. The maximum atomic E-state index is 12.5. The Bertz CT molecular complexity index is 548. The monoisotopic (exact) mass is 299 g/mol. The first-order valence-corrected chi connectivity index (χ1v) is 6.08. The molecular weight excluding hydrogens is 287 g/mol. The van der Waals surface area contributed by atoms with E-state index in [-0.39, 0.29) is 19.8 Å². The second-order valence-corrected chi connectivity index (χ2v) is 4.38. The van der Waals surface area contributed by atoms with E-state index < -0.39 is 23.9 Å². The Morgan fingerprint density at radius 1 is 1.38 bits per heavy atom. The minimum atomic E-state index is -4.41. The number of carbonyl (C=O) groups excluding carboxylic acids is 1. The summed E-state index contributed by atoms with van der Waals surface area (Å²) in [7, 11) is 0. The first-order valence-electron chi connectivity index (χ1n) is 6.08. The Morgan fingerprint density at radius 2 is 2.05 bits per heavy atom. The number of terminal acetylenes is 1.